The number of hydrogen-bond acceptors (Lipinski definition) is 6. The zero-order valence-corrected chi connectivity index (χ0v) is 18.9. The van der Waals surface area contributed by atoms with Crippen LogP contribution in [0.2, 0.25) is 0 Å². The van der Waals surface area contributed by atoms with Gasteiger partial charge in [0.2, 0.25) is 5.91 Å². The minimum Gasteiger partial charge on any atom is -0.447 e. The first kappa shape index (κ1) is 23.2. The highest BCUT2D eigenvalue weighted by molar-refractivity contribution is 5.95. The zero-order valence-electron chi connectivity index (χ0n) is 18.9. The number of carbonyl (C=O) groups is 2. The molecule has 0 radical (unpaired) electrons. The first-order valence-electron chi connectivity index (χ1n) is 12.2. The molecule has 1 saturated carbocycles. The molecule has 1 N–H and O–H groups in total. The van der Waals surface area contributed by atoms with E-state index < -0.39 is 6.09 Å². The van der Waals surface area contributed by atoms with Gasteiger partial charge in [-0.1, -0.05) is 62.4 Å². The number of hydroxylamine groups is 1. The van der Waals surface area contributed by atoms with Crippen LogP contribution in [0.4, 0.5) is 4.79 Å². The van der Waals surface area contributed by atoms with Crippen molar-refractivity contribution < 1.29 is 23.9 Å². The van der Waals surface area contributed by atoms with Gasteiger partial charge in [-0.15, -0.1) is 0 Å². The van der Waals surface area contributed by atoms with Crippen LogP contribution in [0.5, 0.6) is 0 Å². The summed E-state index contributed by atoms with van der Waals surface area (Å²) in [5.41, 5.74) is 4.09. The monoisotopic (exact) mass is 444 g/mol. The van der Waals surface area contributed by atoms with Gasteiger partial charge in [0.1, 0.15) is 6.61 Å². The number of rotatable bonds is 9. The number of benzene rings is 1. The molecule has 1 aromatic rings. The van der Waals surface area contributed by atoms with Gasteiger partial charge in [-0.2, -0.15) is 5.48 Å². The van der Waals surface area contributed by atoms with E-state index in [0.717, 1.165) is 44.1 Å². The fourth-order valence-corrected chi connectivity index (χ4v) is 5.11. The fourth-order valence-electron chi connectivity index (χ4n) is 5.11. The summed E-state index contributed by atoms with van der Waals surface area (Å²) < 4.78 is 10.9. The molecule has 0 bridgehead atoms. The summed E-state index contributed by atoms with van der Waals surface area (Å²) in [5.74, 6) is 0.0295. The molecule has 3 atom stereocenters. The topological polar surface area (TPSA) is 77.1 Å². The third-order valence-corrected chi connectivity index (χ3v) is 6.89. The van der Waals surface area contributed by atoms with Gasteiger partial charge in [-0.05, 0) is 37.2 Å². The molecular weight excluding hydrogens is 408 g/mol. The molecule has 1 aromatic carbocycles. The second-order valence-corrected chi connectivity index (χ2v) is 9.33. The standard InChI is InChI=1S/C25H36N2O5/c28-24(27-22(18-31-25(27)29)16-20-11-5-2-6-12-20)21(15-19-9-3-1-4-10-19)17-26-32-23-13-7-8-14-30-23/h2,5-6,11-12,19,21-23,26H,1,3-4,7-10,13-18H2/t21-,22+,23?/m1/s1. The Morgan fingerprint density at radius 3 is 2.62 bits per heavy atom. The van der Waals surface area contributed by atoms with Gasteiger partial charge < -0.3 is 9.47 Å². The maximum atomic E-state index is 13.6. The Labute approximate surface area is 190 Å². The number of ether oxygens (including phenoxy) is 2. The third-order valence-electron chi connectivity index (χ3n) is 6.89. The summed E-state index contributed by atoms with van der Waals surface area (Å²) in [4.78, 5) is 33.2. The van der Waals surface area contributed by atoms with Crippen LogP contribution < -0.4 is 5.48 Å². The number of imide groups is 1. The van der Waals surface area contributed by atoms with E-state index in [1.165, 1.54) is 24.2 Å². The zero-order chi connectivity index (χ0) is 22.2. The summed E-state index contributed by atoms with van der Waals surface area (Å²) in [7, 11) is 0. The van der Waals surface area contributed by atoms with Gasteiger partial charge in [0.25, 0.3) is 0 Å². The van der Waals surface area contributed by atoms with Crippen molar-refractivity contribution in [3.8, 4) is 0 Å². The van der Waals surface area contributed by atoms with Crippen LogP contribution in [0.3, 0.4) is 0 Å². The van der Waals surface area contributed by atoms with Gasteiger partial charge in [-0.3, -0.25) is 9.63 Å². The van der Waals surface area contributed by atoms with Crippen LogP contribution in [0.25, 0.3) is 0 Å². The van der Waals surface area contributed by atoms with Crippen molar-refractivity contribution >= 4 is 12.0 Å². The maximum Gasteiger partial charge on any atom is 0.416 e. The van der Waals surface area contributed by atoms with Crippen molar-refractivity contribution in [1.29, 1.82) is 0 Å². The van der Waals surface area contributed by atoms with Crippen molar-refractivity contribution in [1.82, 2.24) is 10.4 Å². The minimum atomic E-state index is -0.527. The van der Waals surface area contributed by atoms with Crippen LogP contribution in [-0.2, 0) is 25.5 Å². The molecule has 7 heteroatoms. The predicted octanol–water partition coefficient (Wildman–Crippen LogP) is 4.21. The van der Waals surface area contributed by atoms with Gasteiger partial charge in [0.05, 0.1) is 12.0 Å². The number of nitrogens with one attached hydrogen (secondary N) is 1. The normalized spacial score (nSPS) is 25.5. The van der Waals surface area contributed by atoms with Crippen LogP contribution in [0, 0.1) is 11.8 Å². The molecule has 176 valence electrons. The molecule has 32 heavy (non-hydrogen) atoms. The number of carbonyl (C=O) groups excluding carboxylic acids is 2. The molecule has 3 fully saturated rings. The maximum absolute atomic E-state index is 13.6. The number of cyclic esters (lactones) is 1. The molecule has 1 unspecified atom stereocenters. The first-order chi connectivity index (χ1) is 15.7. The Balaban J connectivity index is 1.41. The van der Waals surface area contributed by atoms with Crippen LogP contribution in [-0.4, -0.2) is 49.0 Å². The highest BCUT2D eigenvalue weighted by Crippen LogP contribution is 2.31. The lowest BCUT2D eigenvalue weighted by Crippen LogP contribution is -2.47. The Bertz CT molecular complexity index is 731. The van der Waals surface area contributed by atoms with E-state index in [4.69, 9.17) is 14.3 Å². The molecule has 1 aliphatic carbocycles. The minimum absolute atomic E-state index is 0.153. The van der Waals surface area contributed by atoms with E-state index in [9.17, 15) is 9.59 Å². The number of amides is 2. The largest absolute Gasteiger partial charge is 0.447 e. The molecule has 2 aliphatic heterocycles. The van der Waals surface area contributed by atoms with E-state index in [-0.39, 0.29) is 30.8 Å². The molecule has 0 spiro atoms. The van der Waals surface area contributed by atoms with Crippen molar-refractivity contribution in [2.75, 3.05) is 19.8 Å². The van der Waals surface area contributed by atoms with Gasteiger partial charge in [-0.25, -0.2) is 9.69 Å². The first-order valence-corrected chi connectivity index (χ1v) is 12.2. The summed E-state index contributed by atoms with van der Waals surface area (Å²) in [6.07, 6.45) is 9.57. The average Bonchev–Trinajstić information content (AvgIpc) is 3.19. The smallest absolute Gasteiger partial charge is 0.416 e. The summed E-state index contributed by atoms with van der Waals surface area (Å²) in [6.45, 7) is 1.32. The molecule has 4 rings (SSSR count). The van der Waals surface area contributed by atoms with E-state index >= 15 is 0 Å². The Morgan fingerprint density at radius 2 is 1.88 bits per heavy atom. The second-order valence-electron chi connectivity index (χ2n) is 9.33. The second kappa shape index (κ2) is 11.8. The summed E-state index contributed by atoms with van der Waals surface area (Å²) >= 11 is 0. The van der Waals surface area contributed by atoms with Crippen LogP contribution in [0.1, 0.15) is 63.4 Å². The van der Waals surface area contributed by atoms with Crippen LogP contribution >= 0.6 is 0 Å². The SMILES string of the molecule is O=C1OC[C@H](Cc2ccccc2)N1C(=O)[C@@H](CNOC1CCCCO1)CC1CCCCC1. The molecule has 3 aliphatic rings. The molecule has 2 heterocycles. The van der Waals surface area contributed by atoms with E-state index in [1.807, 2.05) is 30.3 Å². The number of hydrogen-bond donors (Lipinski definition) is 1. The molecule has 2 saturated heterocycles. The summed E-state index contributed by atoms with van der Waals surface area (Å²) in [6, 6.07) is 9.67. The van der Waals surface area contributed by atoms with E-state index in [0.29, 0.717) is 25.5 Å². The third kappa shape index (κ3) is 6.30. The summed E-state index contributed by atoms with van der Waals surface area (Å²) in [5, 5.41) is 0. The van der Waals surface area contributed by atoms with Crippen molar-refractivity contribution in [2.24, 2.45) is 11.8 Å². The lowest BCUT2D eigenvalue weighted by Gasteiger charge is -2.30. The van der Waals surface area contributed by atoms with Gasteiger partial charge in [0.15, 0.2) is 6.29 Å². The van der Waals surface area contributed by atoms with E-state index in [1.54, 1.807) is 0 Å². The molecule has 0 aromatic heterocycles. The van der Waals surface area contributed by atoms with Gasteiger partial charge in [0, 0.05) is 19.6 Å². The van der Waals surface area contributed by atoms with Gasteiger partial charge >= 0.3 is 6.09 Å². The lowest BCUT2D eigenvalue weighted by molar-refractivity contribution is -0.199. The molecule has 2 amide bonds. The molecular formula is C25H36N2O5. The van der Waals surface area contributed by atoms with Crippen LogP contribution in [0.15, 0.2) is 30.3 Å². The lowest BCUT2D eigenvalue weighted by atomic mass is 9.82. The number of nitrogens with zero attached hydrogens (tertiary/aromatic N) is 1. The quantitative estimate of drug-likeness (QED) is 0.575. The Morgan fingerprint density at radius 1 is 1.09 bits per heavy atom. The highest BCUT2D eigenvalue weighted by atomic mass is 16.8. The Kier molecular flexibility index (Phi) is 8.54. The highest BCUT2D eigenvalue weighted by Gasteiger charge is 2.41. The van der Waals surface area contributed by atoms with Crippen molar-refractivity contribution in [3.05, 3.63) is 35.9 Å². The average molecular weight is 445 g/mol. The van der Waals surface area contributed by atoms with E-state index in [2.05, 4.69) is 5.48 Å². The predicted molar refractivity (Wildman–Crippen MR) is 119 cm³/mol. The van der Waals surface area contributed by atoms with Crippen molar-refractivity contribution in [3.63, 3.8) is 0 Å². The van der Waals surface area contributed by atoms with Crippen molar-refractivity contribution in [2.45, 2.75) is 76.5 Å². The fraction of sp³-hybridized carbons (Fsp3) is 0.680. The Hall–Kier alpha value is -1.96. The molecule has 7 nitrogen and oxygen atoms in total.